The Balaban J connectivity index is 1.58. The molecule has 0 radical (unpaired) electrons. The van der Waals surface area contributed by atoms with E-state index in [2.05, 4.69) is 54.6 Å². The van der Waals surface area contributed by atoms with Gasteiger partial charge in [0.15, 0.2) is 5.96 Å². The summed E-state index contributed by atoms with van der Waals surface area (Å²) in [5, 5.41) is 7.87. The number of hydrogen-bond donors (Lipinski definition) is 2. The molecule has 3 rings (SSSR count). The first kappa shape index (κ1) is 21.6. The SMILES string of the molecule is CCNC(=NCc1ccc(C)cc1OCC1CCOC1)NCCc1ncc(C)s1. The molecule has 1 fully saturated rings. The number of hydrogen-bond acceptors (Lipinski definition) is 5. The molecule has 1 saturated heterocycles. The van der Waals surface area contributed by atoms with E-state index in [1.165, 1.54) is 10.4 Å². The molecular formula is C22H32N4O2S. The molecule has 1 aliphatic rings. The summed E-state index contributed by atoms with van der Waals surface area (Å²) in [5.74, 6) is 2.23. The first-order valence-corrected chi connectivity index (χ1v) is 11.2. The maximum Gasteiger partial charge on any atom is 0.191 e. The number of rotatable bonds is 9. The Hall–Kier alpha value is -2.12. The fraction of sp³-hybridized carbons (Fsp3) is 0.545. The quantitative estimate of drug-likeness (QED) is 0.484. The van der Waals surface area contributed by atoms with Crippen LogP contribution >= 0.6 is 11.3 Å². The van der Waals surface area contributed by atoms with Crippen molar-refractivity contribution in [2.24, 2.45) is 10.9 Å². The highest BCUT2D eigenvalue weighted by molar-refractivity contribution is 7.11. The number of nitrogens with zero attached hydrogens (tertiary/aromatic N) is 2. The molecule has 6 nitrogen and oxygen atoms in total. The molecule has 29 heavy (non-hydrogen) atoms. The number of guanidine groups is 1. The Morgan fingerprint density at radius 3 is 2.97 bits per heavy atom. The number of benzene rings is 1. The van der Waals surface area contributed by atoms with Crippen molar-refractivity contribution in [3.63, 3.8) is 0 Å². The van der Waals surface area contributed by atoms with Crippen LogP contribution in [0.1, 0.15) is 34.4 Å². The van der Waals surface area contributed by atoms with Crippen LogP contribution in [0.25, 0.3) is 0 Å². The first-order chi connectivity index (χ1) is 14.1. The number of aryl methyl sites for hydroxylation is 2. The van der Waals surface area contributed by atoms with Crippen molar-refractivity contribution in [3.8, 4) is 5.75 Å². The van der Waals surface area contributed by atoms with Gasteiger partial charge in [-0.25, -0.2) is 9.98 Å². The summed E-state index contributed by atoms with van der Waals surface area (Å²) in [7, 11) is 0. The van der Waals surface area contributed by atoms with Gasteiger partial charge < -0.3 is 20.1 Å². The number of aromatic nitrogens is 1. The standard InChI is InChI=1S/C22H32N4O2S/c1-4-23-22(24-9-7-21-25-12-17(3)29-21)26-13-19-6-5-16(2)11-20(19)28-15-18-8-10-27-14-18/h5-6,11-12,18H,4,7-10,13-15H2,1-3H3,(H2,23,24,26). The summed E-state index contributed by atoms with van der Waals surface area (Å²) in [6.45, 7) is 10.8. The van der Waals surface area contributed by atoms with E-state index in [0.29, 0.717) is 19.1 Å². The van der Waals surface area contributed by atoms with Gasteiger partial charge in [0.05, 0.1) is 24.8 Å². The highest BCUT2D eigenvalue weighted by atomic mass is 32.1. The number of thiazole rings is 1. The number of aliphatic imine (C=N–C) groups is 1. The van der Waals surface area contributed by atoms with Gasteiger partial charge in [0, 0.05) is 48.7 Å². The fourth-order valence-electron chi connectivity index (χ4n) is 3.16. The van der Waals surface area contributed by atoms with Gasteiger partial charge in [-0.3, -0.25) is 0 Å². The van der Waals surface area contributed by atoms with E-state index in [-0.39, 0.29) is 0 Å². The predicted octanol–water partition coefficient (Wildman–Crippen LogP) is 3.47. The normalized spacial score (nSPS) is 16.8. The Bertz CT molecular complexity index is 800. The number of ether oxygens (including phenoxy) is 2. The summed E-state index contributed by atoms with van der Waals surface area (Å²) >= 11 is 1.75. The molecule has 1 atom stereocenters. The molecule has 7 heteroatoms. The minimum atomic E-state index is 0.486. The summed E-state index contributed by atoms with van der Waals surface area (Å²) in [4.78, 5) is 10.4. The summed E-state index contributed by atoms with van der Waals surface area (Å²) < 4.78 is 11.6. The van der Waals surface area contributed by atoms with Gasteiger partial charge >= 0.3 is 0 Å². The van der Waals surface area contributed by atoms with Crippen LogP contribution in [0.15, 0.2) is 29.4 Å². The third-order valence-corrected chi connectivity index (χ3v) is 5.75. The van der Waals surface area contributed by atoms with Crippen molar-refractivity contribution in [2.45, 2.75) is 40.2 Å². The lowest BCUT2D eigenvalue weighted by Crippen LogP contribution is -2.38. The topological polar surface area (TPSA) is 67.8 Å². The molecule has 0 saturated carbocycles. The zero-order valence-corrected chi connectivity index (χ0v) is 18.5. The maximum atomic E-state index is 6.14. The zero-order chi connectivity index (χ0) is 20.5. The Morgan fingerprint density at radius 2 is 2.24 bits per heavy atom. The van der Waals surface area contributed by atoms with Gasteiger partial charge in [0.1, 0.15) is 5.75 Å². The average molecular weight is 417 g/mol. The molecule has 0 amide bonds. The van der Waals surface area contributed by atoms with Gasteiger partial charge in [-0.1, -0.05) is 12.1 Å². The van der Waals surface area contributed by atoms with Crippen LogP contribution in [0.2, 0.25) is 0 Å². The van der Waals surface area contributed by atoms with Gasteiger partial charge in [-0.05, 0) is 38.8 Å². The number of nitrogens with one attached hydrogen (secondary N) is 2. The highest BCUT2D eigenvalue weighted by Crippen LogP contribution is 2.23. The van der Waals surface area contributed by atoms with Crippen LogP contribution in [0.4, 0.5) is 0 Å². The molecule has 1 aromatic heterocycles. The zero-order valence-electron chi connectivity index (χ0n) is 17.7. The molecular weight excluding hydrogens is 384 g/mol. The Kier molecular flexibility index (Phi) is 8.31. The average Bonchev–Trinajstić information content (AvgIpc) is 3.37. The van der Waals surface area contributed by atoms with E-state index in [0.717, 1.165) is 61.4 Å². The molecule has 1 unspecified atom stereocenters. The van der Waals surface area contributed by atoms with Crippen LogP contribution in [0.3, 0.4) is 0 Å². The van der Waals surface area contributed by atoms with Crippen molar-refractivity contribution < 1.29 is 9.47 Å². The second-order valence-corrected chi connectivity index (χ2v) is 8.71. The third-order valence-electron chi connectivity index (χ3n) is 4.77. The molecule has 0 bridgehead atoms. The first-order valence-electron chi connectivity index (χ1n) is 10.4. The van der Waals surface area contributed by atoms with E-state index in [1.54, 1.807) is 11.3 Å². The van der Waals surface area contributed by atoms with Crippen molar-refractivity contribution in [1.82, 2.24) is 15.6 Å². The summed E-state index contributed by atoms with van der Waals surface area (Å²) in [6.07, 6.45) is 3.90. The third kappa shape index (κ3) is 7.01. The van der Waals surface area contributed by atoms with E-state index in [4.69, 9.17) is 14.5 Å². The second-order valence-electron chi connectivity index (χ2n) is 7.39. The molecule has 1 aliphatic heterocycles. The van der Waals surface area contributed by atoms with Crippen LogP contribution in [-0.2, 0) is 17.7 Å². The Morgan fingerprint density at radius 1 is 1.34 bits per heavy atom. The van der Waals surface area contributed by atoms with Crippen LogP contribution < -0.4 is 15.4 Å². The summed E-state index contributed by atoms with van der Waals surface area (Å²) in [5.41, 5.74) is 2.29. The van der Waals surface area contributed by atoms with Crippen LogP contribution in [0, 0.1) is 19.8 Å². The molecule has 2 heterocycles. The van der Waals surface area contributed by atoms with E-state index < -0.39 is 0 Å². The van der Waals surface area contributed by atoms with Gasteiger partial charge in [0.2, 0.25) is 0 Å². The molecule has 0 spiro atoms. The van der Waals surface area contributed by atoms with Gasteiger partial charge in [0.25, 0.3) is 0 Å². The molecule has 0 aliphatic carbocycles. The largest absolute Gasteiger partial charge is 0.493 e. The lowest BCUT2D eigenvalue weighted by atomic mass is 10.1. The van der Waals surface area contributed by atoms with Crippen molar-refractivity contribution >= 4 is 17.3 Å². The maximum absolute atomic E-state index is 6.14. The summed E-state index contributed by atoms with van der Waals surface area (Å²) in [6, 6.07) is 6.33. The van der Waals surface area contributed by atoms with Crippen LogP contribution in [0.5, 0.6) is 5.75 Å². The van der Waals surface area contributed by atoms with Crippen LogP contribution in [-0.4, -0.2) is 43.9 Å². The lowest BCUT2D eigenvalue weighted by Gasteiger charge is -2.15. The smallest absolute Gasteiger partial charge is 0.191 e. The van der Waals surface area contributed by atoms with E-state index in [9.17, 15) is 0 Å². The highest BCUT2D eigenvalue weighted by Gasteiger charge is 2.17. The fourth-order valence-corrected chi connectivity index (χ4v) is 3.95. The molecule has 1 aromatic carbocycles. The Labute approximate surface area is 177 Å². The molecule has 2 aromatic rings. The monoisotopic (exact) mass is 416 g/mol. The lowest BCUT2D eigenvalue weighted by molar-refractivity contribution is 0.166. The second kappa shape index (κ2) is 11.2. The van der Waals surface area contributed by atoms with Crippen molar-refractivity contribution in [1.29, 1.82) is 0 Å². The van der Waals surface area contributed by atoms with Crippen molar-refractivity contribution in [2.75, 3.05) is 32.9 Å². The predicted molar refractivity (Wildman–Crippen MR) is 119 cm³/mol. The van der Waals surface area contributed by atoms with Crippen molar-refractivity contribution in [3.05, 3.63) is 45.4 Å². The molecule has 158 valence electrons. The van der Waals surface area contributed by atoms with E-state index >= 15 is 0 Å². The minimum absolute atomic E-state index is 0.486. The van der Waals surface area contributed by atoms with Gasteiger partial charge in [-0.2, -0.15) is 0 Å². The molecule has 2 N–H and O–H groups in total. The van der Waals surface area contributed by atoms with E-state index in [1.807, 2.05) is 6.20 Å². The van der Waals surface area contributed by atoms with Gasteiger partial charge in [-0.15, -0.1) is 11.3 Å². The minimum Gasteiger partial charge on any atom is -0.493 e.